The smallest absolute Gasteiger partial charge is 0.310 e. The van der Waals surface area contributed by atoms with Gasteiger partial charge in [-0.15, -0.1) is 0 Å². The van der Waals surface area contributed by atoms with Gasteiger partial charge < -0.3 is 25.4 Å². The molecule has 3 atom stereocenters. The third-order valence-corrected chi connectivity index (χ3v) is 4.07. The van der Waals surface area contributed by atoms with E-state index in [0.717, 1.165) is 5.57 Å². The first kappa shape index (κ1) is 18.9. The third-order valence-electron chi connectivity index (χ3n) is 4.07. The monoisotopic (exact) mass is 353 g/mol. The van der Waals surface area contributed by atoms with Gasteiger partial charge in [-0.1, -0.05) is 11.6 Å². The van der Waals surface area contributed by atoms with Crippen molar-refractivity contribution in [2.75, 3.05) is 19.7 Å². The summed E-state index contributed by atoms with van der Waals surface area (Å²) in [7, 11) is 0. The Hall–Kier alpha value is -2.42. The molecule has 138 valence electrons. The van der Waals surface area contributed by atoms with E-state index in [0.29, 0.717) is 6.61 Å². The summed E-state index contributed by atoms with van der Waals surface area (Å²) in [5.74, 6) is -3.08. The van der Waals surface area contributed by atoms with Crippen molar-refractivity contribution in [2.24, 2.45) is 11.7 Å². The molecule has 25 heavy (non-hydrogen) atoms. The molecule has 2 aliphatic rings. The molecule has 3 unspecified atom stereocenters. The maximum Gasteiger partial charge on any atom is 0.310 e. The highest BCUT2D eigenvalue weighted by Gasteiger charge is 2.37. The predicted molar refractivity (Wildman–Crippen MR) is 85.7 cm³/mol. The molecule has 0 aromatic carbocycles. The Balaban J connectivity index is 2.00. The van der Waals surface area contributed by atoms with E-state index in [1.807, 2.05) is 6.92 Å². The van der Waals surface area contributed by atoms with E-state index in [-0.39, 0.29) is 25.9 Å². The summed E-state index contributed by atoms with van der Waals surface area (Å²) in [6, 6.07) is -0.606. The summed E-state index contributed by atoms with van der Waals surface area (Å²) < 4.78 is 10.3. The Morgan fingerprint density at radius 2 is 2.16 bits per heavy atom. The van der Waals surface area contributed by atoms with Crippen molar-refractivity contribution in [2.45, 2.75) is 39.0 Å². The first-order valence-electron chi connectivity index (χ1n) is 8.16. The van der Waals surface area contributed by atoms with Crippen LogP contribution in [0.15, 0.2) is 11.6 Å². The van der Waals surface area contributed by atoms with E-state index in [2.05, 4.69) is 5.32 Å². The van der Waals surface area contributed by atoms with E-state index >= 15 is 0 Å². The molecule has 1 fully saturated rings. The fourth-order valence-corrected chi connectivity index (χ4v) is 2.85. The molecule has 3 amide bonds. The van der Waals surface area contributed by atoms with Crippen molar-refractivity contribution < 1.29 is 28.7 Å². The summed E-state index contributed by atoms with van der Waals surface area (Å²) in [4.78, 5) is 48.9. The number of primary amides is 1. The largest absolute Gasteiger partial charge is 0.433 e. The van der Waals surface area contributed by atoms with Crippen LogP contribution in [0.3, 0.4) is 0 Å². The number of nitrogens with two attached hydrogens (primary N) is 1. The number of nitrogens with one attached hydrogen (secondary N) is 1. The van der Waals surface area contributed by atoms with Gasteiger partial charge in [0.1, 0.15) is 12.0 Å². The van der Waals surface area contributed by atoms with Gasteiger partial charge in [0.2, 0.25) is 24.0 Å². The molecule has 1 saturated heterocycles. The van der Waals surface area contributed by atoms with Crippen molar-refractivity contribution in [3.8, 4) is 0 Å². The lowest BCUT2D eigenvalue weighted by Gasteiger charge is -2.25. The van der Waals surface area contributed by atoms with Crippen LogP contribution in [0.4, 0.5) is 0 Å². The number of carbonyl (C=O) groups excluding carboxylic acids is 4. The van der Waals surface area contributed by atoms with Gasteiger partial charge in [0.05, 0.1) is 13.0 Å². The number of ether oxygens (including phenoxy) is 2. The molecule has 2 rings (SSSR count). The average Bonchev–Trinajstić information content (AvgIpc) is 2.78. The molecule has 0 radical (unpaired) electrons. The van der Waals surface area contributed by atoms with Crippen molar-refractivity contribution in [1.29, 1.82) is 0 Å². The lowest BCUT2D eigenvalue weighted by Crippen LogP contribution is -2.49. The Bertz CT molecular complexity index is 603. The number of nitrogens with zero attached hydrogens (tertiary/aromatic N) is 1. The Morgan fingerprint density at radius 3 is 2.80 bits per heavy atom. The molecular formula is C16H23N3O6. The Morgan fingerprint density at radius 1 is 1.44 bits per heavy atom. The van der Waals surface area contributed by atoms with Gasteiger partial charge in [-0.05, 0) is 20.3 Å². The minimum Gasteiger partial charge on any atom is -0.433 e. The van der Waals surface area contributed by atoms with Crippen LogP contribution in [-0.4, -0.2) is 60.6 Å². The molecule has 0 aromatic rings. The first-order chi connectivity index (χ1) is 11.8. The number of allylic oxidation sites excluding steroid dienone is 1. The second kappa shape index (κ2) is 8.11. The normalized spacial score (nSPS) is 26.7. The second-order valence-corrected chi connectivity index (χ2v) is 6.13. The zero-order valence-electron chi connectivity index (χ0n) is 14.3. The fourth-order valence-electron chi connectivity index (χ4n) is 2.85. The zero-order chi connectivity index (χ0) is 18.6. The number of hydrogen-bond acceptors (Lipinski definition) is 6. The van der Waals surface area contributed by atoms with Gasteiger partial charge in [-0.25, -0.2) is 0 Å². The van der Waals surface area contributed by atoms with Crippen molar-refractivity contribution in [3.05, 3.63) is 11.6 Å². The highest BCUT2D eigenvalue weighted by molar-refractivity contribution is 6.01. The van der Waals surface area contributed by atoms with Crippen molar-refractivity contribution in [1.82, 2.24) is 10.2 Å². The standard InChI is InChI=1S/C16H23N3O6/c1-3-24-16-11(6-13(21)25-16)18-12(20)8-19-7-9(2)4-5-10(14(17)22)15(19)23/h4,10-11,16H,3,5-8H2,1-2H3,(H2,17,22)(H,18,20). The molecule has 0 aliphatic carbocycles. The third kappa shape index (κ3) is 4.79. The van der Waals surface area contributed by atoms with Crippen molar-refractivity contribution >= 4 is 23.7 Å². The van der Waals surface area contributed by atoms with Crippen LogP contribution in [-0.2, 0) is 28.7 Å². The van der Waals surface area contributed by atoms with Crippen LogP contribution in [0.2, 0.25) is 0 Å². The van der Waals surface area contributed by atoms with E-state index in [9.17, 15) is 19.2 Å². The fraction of sp³-hybridized carbons (Fsp3) is 0.625. The topological polar surface area (TPSA) is 128 Å². The van der Waals surface area contributed by atoms with E-state index in [1.165, 1.54) is 4.90 Å². The molecule has 0 bridgehead atoms. The summed E-state index contributed by atoms with van der Waals surface area (Å²) in [5, 5.41) is 2.65. The number of amides is 3. The first-order valence-corrected chi connectivity index (χ1v) is 8.16. The van der Waals surface area contributed by atoms with Gasteiger partial charge in [-0.3, -0.25) is 19.2 Å². The SMILES string of the molecule is CCOC1OC(=O)CC1NC(=O)CN1CC(C)=CCC(C(N)=O)C1=O. The van der Waals surface area contributed by atoms with Crippen LogP contribution in [0.25, 0.3) is 0 Å². The molecule has 0 aromatic heterocycles. The van der Waals surface area contributed by atoms with Crippen LogP contribution < -0.4 is 11.1 Å². The van der Waals surface area contributed by atoms with Crippen LogP contribution in [0, 0.1) is 5.92 Å². The zero-order valence-corrected chi connectivity index (χ0v) is 14.3. The molecule has 2 heterocycles. The van der Waals surface area contributed by atoms with Crippen LogP contribution in [0.1, 0.15) is 26.7 Å². The minimum absolute atomic E-state index is 0.00714. The maximum atomic E-state index is 12.4. The average molecular weight is 353 g/mol. The predicted octanol–water partition coefficient (Wildman–Crippen LogP) is -0.939. The molecule has 9 nitrogen and oxygen atoms in total. The Labute approximate surface area is 145 Å². The van der Waals surface area contributed by atoms with Crippen LogP contribution >= 0.6 is 0 Å². The van der Waals surface area contributed by atoms with Gasteiger partial charge in [-0.2, -0.15) is 0 Å². The highest BCUT2D eigenvalue weighted by Crippen LogP contribution is 2.18. The van der Waals surface area contributed by atoms with Gasteiger partial charge in [0.25, 0.3) is 0 Å². The minimum atomic E-state index is -0.974. The van der Waals surface area contributed by atoms with Crippen LogP contribution in [0.5, 0.6) is 0 Å². The lowest BCUT2D eigenvalue weighted by molar-refractivity contribution is -0.164. The maximum absolute atomic E-state index is 12.4. The number of rotatable bonds is 6. The molecular weight excluding hydrogens is 330 g/mol. The molecule has 3 N–H and O–H groups in total. The number of cyclic esters (lactones) is 1. The van der Waals surface area contributed by atoms with Gasteiger partial charge >= 0.3 is 5.97 Å². The quantitative estimate of drug-likeness (QED) is 0.360. The molecule has 9 heteroatoms. The van der Waals surface area contributed by atoms with E-state index in [4.69, 9.17) is 15.2 Å². The molecule has 0 spiro atoms. The van der Waals surface area contributed by atoms with E-state index in [1.54, 1.807) is 13.0 Å². The molecule has 2 aliphatic heterocycles. The van der Waals surface area contributed by atoms with Gasteiger partial charge in [0, 0.05) is 13.2 Å². The van der Waals surface area contributed by atoms with Gasteiger partial charge in [0.15, 0.2) is 0 Å². The van der Waals surface area contributed by atoms with Crippen molar-refractivity contribution in [3.63, 3.8) is 0 Å². The summed E-state index contributed by atoms with van der Waals surface area (Å²) >= 11 is 0. The molecule has 0 saturated carbocycles. The van der Waals surface area contributed by atoms with E-state index < -0.39 is 41.9 Å². The number of esters is 1. The Kier molecular flexibility index (Phi) is 6.13. The lowest BCUT2D eigenvalue weighted by atomic mass is 10.0. The number of hydrogen-bond donors (Lipinski definition) is 2. The number of carbonyl (C=O) groups is 4. The summed E-state index contributed by atoms with van der Waals surface area (Å²) in [5.41, 5.74) is 6.15. The summed E-state index contributed by atoms with van der Waals surface area (Å²) in [6.07, 6.45) is 1.18. The summed E-state index contributed by atoms with van der Waals surface area (Å²) in [6.45, 7) is 3.90. The highest BCUT2D eigenvalue weighted by atomic mass is 16.7. The second-order valence-electron chi connectivity index (χ2n) is 6.13.